The maximum atomic E-state index is 5.62. The summed E-state index contributed by atoms with van der Waals surface area (Å²) in [6, 6.07) is 14.4. The summed E-state index contributed by atoms with van der Waals surface area (Å²) in [7, 11) is 4.06. The van der Waals surface area contributed by atoms with E-state index in [4.69, 9.17) is 4.74 Å². The van der Waals surface area contributed by atoms with Gasteiger partial charge in [0, 0.05) is 18.7 Å². The van der Waals surface area contributed by atoms with Gasteiger partial charge in [0.2, 0.25) is 0 Å². The molecule has 0 aliphatic carbocycles. The predicted molar refractivity (Wildman–Crippen MR) is 77.5 cm³/mol. The average Bonchev–Trinajstić information content (AvgIpc) is 2.42. The number of rotatable bonds is 6. The van der Waals surface area contributed by atoms with Gasteiger partial charge in [-0.1, -0.05) is 30.3 Å². The van der Waals surface area contributed by atoms with Crippen LogP contribution in [-0.4, -0.2) is 37.1 Å². The van der Waals surface area contributed by atoms with E-state index in [-0.39, 0.29) is 0 Å². The monoisotopic (exact) mass is 256 g/mol. The Morgan fingerprint density at radius 2 is 1.84 bits per heavy atom. The summed E-state index contributed by atoms with van der Waals surface area (Å²) in [5.41, 5.74) is 2.34. The number of benzene rings is 1. The molecule has 1 aromatic heterocycles. The summed E-state index contributed by atoms with van der Waals surface area (Å²) in [6.07, 6.45) is 2.66. The number of ether oxygens (including phenoxy) is 1. The van der Waals surface area contributed by atoms with E-state index in [1.165, 1.54) is 5.56 Å². The Kier molecular flexibility index (Phi) is 4.93. The molecule has 0 atom stereocenters. The van der Waals surface area contributed by atoms with Crippen molar-refractivity contribution in [1.82, 2.24) is 9.88 Å². The van der Waals surface area contributed by atoms with E-state index in [1.807, 2.05) is 44.4 Å². The van der Waals surface area contributed by atoms with Crippen LogP contribution >= 0.6 is 0 Å². The van der Waals surface area contributed by atoms with Crippen LogP contribution in [-0.2, 0) is 6.42 Å². The van der Waals surface area contributed by atoms with Crippen molar-refractivity contribution in [2.24, 2.45) is 0 Å². The molecular weight excluding hydrogens is 236 g/mol. The molecule has 100 valence electrons. The molecule has 0 aliphatic rings. The highest BCUT2D eigenvalue weighted by atomic mass is 16.5. The molecule has 0 amide bonds. The Bertz CT molecular complexity index is 480. The molecule has 3 nitrogen and oxygen atoms in total. The minimum Gasteiger partial charge on any atom is -0.491 e. The Morgan fingerprint density at radius 1 is 1.05 bits per heavy atom. The van der Waals surface area contributed by atoms with Gasteiger partial charge in [-0.25, -0.2) is 0 Å². The number of nitrogens with zero attached hydrogens (tertiary/aromatic N) is 2. The molecule has 0 spiro atoms. The second kappa shape index (κ2) is 6.90. The summed E-state index contributed by atoms with van der Waals surface area (Å²) in [5.74, 6) is 0.832. The maximum absolute atomic E-state index is 5.62. The van der Waals surface area contributed by atoms with Crippen molar-refractivity contribution in [3.05, 3.63) is 59.9 Å². The molecule has 0 saturated carbocycles. The predicted octanol–water partition coefficient (Wildman–Crippen LogP) is 2.61. The zero-order chi connectivity index (χ0) is 13.5. The lowest BCUT2D eigenvalue weighted by molar-refractivity contribution is 0.260. The number of likely N-dealkylation sites (N-methyl/N-ethyl adjacent to an activating group) is 1. The van der Waals surface area contributed by atoms with Crippen LogP contribution in [0.15, 0.2) is 48.7 Å². The highest BCUT2D eigenvalue weighted by molar-refractivity contribution is 5.25. The molecule has 3 heteroatoms. The lowest BCUT2D eigenvalue weighted by Gasteiger charge is -2.11. The van der Waals surface area contributed by atoms with Crippen LogP contribution in [0.25, 0.3) is 0 Å². The third-order valence-corrected chi connectivity index (χ3v) is 2.83. The average molecular weight is 256 g/mol. The quantitative estimate of drug-likeness (QED) is 0.794. The Hall–Kier alpha value is -1.87. The molecule has 19 heavy (non-hydrogen) atoms. The third-order valence-electron chi connectivity index (χ3n) is 2.83. The van der Waals surface area contributed by atoms with Gasteiger partial charge in [0.15, 0.2) is 0 Å². The molecule has 0 unspecified atom stereocenters. The first-order valence-electron chi connectivity index (χ1n) is 6.50. The van der Waals surface area contributed by atoms with Crippen molar-refractivity contribution in [2.45, 2.75) is 6.42 Å². The smallest absolute Gasteiger partial charge is 0.137 e. The topological polar surface area (TPSA) is 25.4 Å². The van der Waals surface area contributed by atoms with Gasteiger partial charge in [0.05, 0.1) is 6.20 Å². The Morgan fingerprint density at radius 3 is 2.47 bits per heavy atom. The molecular formula is C16H20N2O. The maximum Gasteiger partial charge on any atom is 0.137 e. The summed E-state index contributed by atoms with van der Waals surface area (Å²) in [6.45, 7) is 1.60. The van der Waals surface area contributed by atoms with Crippen molar-refractivity contribution in [2.75, 3.05) is 27.2 Å². The summed E-state index contributed by atoms with van der Waals surface area (Å²) in [5, 5.41) is 0. The first-order chi connectivity index (χ1) is 9.24. The molecule has 2 aromatic rings. The van der Waals surface area contributed by atoms with Crippen LogP contribution < -0.4 is 4.74 Å². The molecule has 0 aliphatic heterocycles. The van der Waals surface area contributed by atoms with Crippen molar-refractivity contribution < 1.29 is 4.74 Å². The first-order valence-corrected chi connectivity index (χ1v) is 6.50. The van der Waals surface area contributed by atoms with Crippen molar-refractivity contribution in [3.63, 3.8) is 0 Å². The zero-order valence-corrected chi connectivity index (χ0v) is 11.5. The second-order valence-corrected chi connectivity index (χ2v) is 4.80. The summed E-state index contributed by atoms with van der Waals surface area (Å²) in [4.78, 5) is 6.53. The van der Waals surface area contributed by atoms with E-state index in [0.29, 0.717) is 6.61 Å². The van der Waals surface area contributed by atoms with E-state index in [9.17, 15) is 0 Å². The minimum absolute atomic E-state index is 0.687. The molecule has 1 heterocycles. The number of hydrogen-bond donors (Lipinski definition) is 0. The minimum atomic E-state index is 0.687. The normalized spacial score (nSPS) is 10.7. The molecule has 0 fully saturated rings. The van der Waals surface area contributed by atoms with Crippen LogP contribution in [0.3, 0.4) is 0 Å². The number of pyridine rings is 1. The van der Waals surface area contributed by atoms with E-state index < -0.39 is 0 Å². The second-order valence-electron chi connectivity index (χ2n) is 4.80. The Balaban J connectivity index is 1.88. The fourth-order valence-corrected chi connectivity index (χ4v) is 1.75. The molecule has 2 rings (SSSR count). The van der Waals surface area contributed by atoms with Crippen LogP contribution in [0.4, 0.5) is 0 Å². The van der Waals surface area contributed by atoms with Crippen molar-refractivity contribution in [3.8, 4) is 5.75 Å². The fraction of sp³-hybridized carbons (Fsp3) is 0.312. The molecule has 0 N–H and O–H groups in total. The van der Waals surface area contributed by atoms with Gasteiger partial charge in [0.25, 0.3) is 0 Å². The highest BCUT2D eigenvalue weighted by Crippen LogP contribution is 2.12. The van der Waals surface area contributed by atoms with E-state index in [1.54, 1.807) is 6.20 Å². The lowest BCUT2D eigenvalue weighted by atomic mass is 10.1. The number of hydrogen-bond acceptors (Lipinski definition) is 3. The number of aromatic nitrogens is 1. The fourth-order valence-electron chi connectivity index (χ4n) is 1.75. The van der Waals surface area contributed by atoms with Gasteiger partial charge in [0.1, 0.15) is 12.4 Å². The Labute approximate surface area is 114 Å². The third kappa shape index (κ3) is 4.72. The zero-order valence-electron chi connectivity index (χ0n) is 11.5. The van der Waals surface area contributed by atoms with Crippen molar-refractivity contribution >= 4 is 0 Å². The standard InChI is InChI=1S/C16H20N2O/c1-18(2)10-11-19-16-9-8-15(17-13-16)12-14-6-4-3-5-7-14/h3-9,13H,10-12H2,1-2H3. The van der Waals surface area contributed by atoms with E-state index in [2.05, 4.69) is 22.0 Å². The molecule has 0 saturated heterocycles. The van der Waals surface area contributed by atoms with E-state index in [0.717, 1.165) is 24.4 Å². The van der Waals surface area contributed by atoms with Gasteiger partial charge in [-0.15, -0.1) is 0 Å². The van der Waals surface area contributed by atoms with Gasteiger partial charge < -0.3 is 9.64 Å². The van der Waals surface area contributed by atoms with E-state index >= 15 is 0 Å². The van der Waals surface area contributed by atoms with Crippen LogP contribution in [0.1, 0.15) is 11.3 Å². The van der Waals surface area contributed by atoms with Crippen LogP contribution in [0, 0.1) is 0 Å². The van der Waals surface area contributed by atoms with Gasteiger partial charge in [-0.2, -0.15) is 0 Å². The molecule has 0 radical (unpaired) electrons. The SMILES string of the molecule is CN(C)CCOc1ccc(Cc2ccccc2)nc1. The van der Waals surface area contributed by atoms with Crippen LogP contribution in [0.5, 0.6) is 5.75 Å². The van der Waals surface area contributed by atoms with Gasteiger partial charge >= 0.3 is 0 Å². The molecule has 1 aromatic carbocycles. The largest absolute Gasteiger partial charge is 0.491 e. The van der Waals surface area contributed by atoms with Gasteiger partial charge in [-0.05, 0) is 31.8 Å². The first kappa shape index (κ1) is 13.6. The highest BCUT2D eigenvalue weighted by Gasteiger charge is 1.99. The lowest BCUT2D eigenvalue weighted by Crippen LogP contribution is -2.19. The van der Waals surface area contributed by atoms with Gasteiger partial charge in [-0.3, -0.25) is 4.98 Å². The van der Waals surface area contributed by atoms with Crippen LogP contribution in [0.2, 0.25) is 0 Å². The molecule has 0 bridgehead atoms. The summed E-state index contributed by atoms with van der Waals surface area (Å²) < 4.78 is 5.62. The van der Waals surface area contributed by atoms with Crippen molar-refractivity contribution in [1.29, 1.82) is 0 Å². The summed E-state index contributed by atoms with van der Waals surface area (Å²) >= 11 is 0.